The summed E-state index contributed by atoms with van der Waals surface area (Å²) in [6, 6.07) is -0.825. The molecular weight excluding hydrogens is 791 g/mol. The molecule has 0 aromatic heterocycles. The molecule has 6 N–H and O–H groups in total. The first kappa shape index (κ1) is 59.2. The van der Waals surface area contributed by atoms with Crippen molar-refractivity contribution in [3.63, 3.8) is 0 Å². The summed E-state index contributed by atoms with van der Waals surface area (Å²) in [5.41, 5.74) is 0. The van der Waals surface area contributed by atoms with Gasteiger partial charge in [0.2, 0.25) is 5.91 Å². The molecule has 0 radical (unpaired) electrons. The van der Waals surface area contributed by atoms with E-state index in [2.05, 4.69) is 55.6 Å². The molecule has 9 heteroatoms. The summed E-state index contributed by atoms with van der Waals surface area (Å²) < 4.78 is 11.2. The third kappa shape index (κ3) is 34.2. The van der Waals surface area contributed by atoms with Gasteiger partial charge in [0.1, 0.15) is 24.4 Å². The van der Waals surface area contributed by atoms with Gasteiger partial charge in [-0.05, 0) is 64.2 Å². The van der Waals surface area contributed by atoms with Crippen molar-refractivity contribution in [2.45, 2.75) is 275 Å². The quantitative estimate of drug-likeness (QED) is 0.0262. The summed E-state index contributed by atoms with van der Waals surface area (Å²) in [4.78, 5) is 13.0. The minimum atomic E-state index is -1.57. The highest BCUT2D eigenvalue weighted by Crippen LogP contribution is 2.23. The van der Waals surface area contributed by atoms with Crippen LogP contribution in [0.4, 0.5) is 0 Å². The number of hydrogen-bond acceptors (Lipinski definition) is 8. The molecule has 0 saturated carbocycles. The molecule has 7 atom stereocenters. The van der Waals surface area contributed by atoms with Crippen molar-refractivity contribution in [2.24, 2.45) is 0 Å². The molecule has 1 amide bonds. The van der Waals surface area contributed by atoms with Crippen LogP contribution in [0.15, 0.2) is 48.6 Å². The highest BCUT2D eigenvalue weighted by atomic mass is 16.7. The van der Waals surface area contributed by atoms with Gasteiger partial charge in [0.05, 0.1) is 25.4 Å². The molecule has 1 aliphatic heterocycles. The number of carbonyl (C=O) groups is 1. The molecule has 0 aromatic rings. The summed E-state index contributed by atoms with van der Waals surface area (Å²) in [5.74, 6) is -0.191. The molecule has 1 fully saturated rings. The van der Waals surface area contributed by atoms with E-state index in [0.29, 0.717) is 6.42 Å². The third-order valence-electron chi connectivity index (χ3n) is 12.4. The Hall–Kier alpha value is -1.85. The molecule has 1 saturated heterocycles. The maximum atomic E-state index is 13.0. The van der Waals surface area contributed by atoms with Crippen LogP contribution < -0.4 is 5.32 Å². The van der Waals surface area contributed by atoms with Crippen LogP contribution in [0.2, 0.25) is 0 Å². The van der Waals surface area contributed by atoms with Gasteiger partial charge in [-0.3, -0.25) is 4.79 Å². The minimum Gasteiger partial charge on any atom is -0.394 e. The Morgan fingerprint density at radius 1 is 0.540 bits per heavy atom. The van der Waals surface area contributed by atoms with Gasteiger partial charge < -0.3 is 40.3 Å². The van der Waals surface area contributed by atoms with Gasteiger partial charge in [0, 0.05) is 6.42 Å². The lowest BCUT2D eigenvalue weighted by Gasteiger charge is -2.40. The van der Waals surface area contributed by atoms with Crippen molar-refractivity contribution in [1.29, 1.82) is 0 Å². The van der Waals surface area contributed by atoms with E-state index in [1.165, 1.54) is 161 Å². The maximum Gasteiger partial charge on any atom is 0.220 e. The summed E-state index contributed by atoms with van der Waals surface area (Å²) in [5, 5.41) is 54.4. The van der Waals surface area contributed by atoms with Crippen molar-refractivity contribution in [2.75, 3.05) is 13.2 Å². The number of aliphatic hydroxyl groups is 5. The Morgan fingerprint density at radius 3 is 1.43 bits per heavy atom. The van der Waals surface area contributed by atoms with Gasteiger partial charge in [-0.1, -0.05) is 210 Å². The second-order valence-corrected chi connectivity index (χ2v) is 18.3. The lowest BCUT2D eigenvalue weighted by Crippen LogP contribution is -2.60. The number of allylic oxidation sites excluding steroid dienone is 7. The third-order valence-corrected chi connectivity index (χ3v) is 12.4. The zero-order chi connectivity index (χ0) is 45.9. The normalized spacial score (nSPS) is 20.5. The first-order valence-electron chi connectivity index (χ1n) is 26.4. The van der Waals surface area contributed by atoms with Crippen LogP contribution >= 0.6 is 0 Å². The fourth-order valence-electron chi connectivity index (χ4n) is 8.14. The Labute approximate surface area is 386 Å². The molecule has 1 heterocycles. The highest BCUT2D eigenvalue weighted by molar-refractivity contribution is 5.76. The van der Waals surface area contributed by atoms with Crippen molar-refractivity contribution in [3.05, 3.63) is 48.6 Å². The number of carbonyl (C=O) groups excluding carboxylic acids is 1. The van der Waals surface area contributed by atoms with E-state index >= 15 is 0 Å². The lowest BCUT2D eigenvalue weighted by molar-refractivity contribution is -0.302. The van der Waals surface area contributed by atoms with Gasteiger partial charge in [-0.15, -0.1) is 0 Å². The summed E-state index contributed by atoms with van der Waals surface area (Å²) in [6.45, 7) is 3.76. The van der Waals surface area contributed by atoms with Crippen LogP contribution in [-0.4, -0.2) is 87.5 Å². The molecule has 63 heavy (non-hydrogen) atoms. The number of amides is 1. The maximum absolute atomic E-state index is 13.0. The Bertz CT molecular complexity index is 1130. The Balaban J connectivity index is 2.31. The number of hydrogen-bond donors (Lipinski definition) is 6. The van der Waals surface area contributed by atoms with Gasteiger partial charge in [0.25, 0.3) is 0 Å². The summed E-state index contributed by atoms with van der Waals surface area (Å²) >= 11 is 0. The average molecular weight is 890 g/mol. The number of rotatable bonds is 44. The molecule has 9 nitrogen and oxygen atoms in total. The van der Waals surface area contributed by atoms with Crippen molar-refractivity contribution >= 4 is 5.91 Å². The molecule has 7 unspecified atom stereocenters. The lowest BCUT2D eigenvalue weighted by atomic mass is 9.99. The predicted molar refractivity (Wildman–Crippen MR) is 263 cm³/mol. The monoisotopic (exact) mass is 890 g/mol. The first-order valence-corrected chi connectivity index (χ1v) is 26.4. The van der Waals surface area contributed by atoms with Crippen LogP contribution in [0.3, 0.4) is 0 Å². The number of nitrogens with one attached hydrogen (secondary N) is 1. The van der Waals surface area contributed by atoms with Gasteiger partial charge in [-0.25, -0.2) is 0 Å². The zero-order valence-electron chi connectivity index (χ0n) is 40.6. The van der Waals surface area contributed by atoms with Crippen LogP contribution in [0.1, 0.15) is 232 Å². The number of ether oxygens (including phenoxy) is 2. The zero-order valence-corrected chi connectivity index (χ0v) is 40.6. The standard InChI is InChI=1S/C54H99NO8/c1-3-5-7-9-11-13-15-17-19-21-23-24-26-28-30-32-34-36-38-40-42-44-50(58)55-47(46-62-54-53(61)52(60)51(59)49(45-56)63-54)48(57)43-41-39-37-35-33-31-29-27-25-22-20-18-16-14-12-10-8-6-4-2/h15,17,21,23,33,35,41,43,47-49,51-54,56-57,59-61H,3-14,16,18-20,22,24-32,34,36-40,42,44-46H2,1-2H3,(H,55,58)/b17-15-,23-21-,35-33+,43-41+. The van der Waals surface area contributed by atoms with E-state index in [9.17, 15) is 30.3 Å². The molecule has 0 spiro atoms. The van der Waals surface area contributed by atoms with E-state index in [-0.39, 0.29) is 12.5 Å². The predicted octanol–water partition coefficient (Wildman–Crippen LogP) is 12.2. The molecule has 368 valence electrons. The molecule has 1 rings (SSSR count). The summed E-state index contributed by atoms with van der Waals surface area (Å²) in [6.07, 6.45) is 50.2. The fourth-order valence-corrected chi connectivity index (χ4v) is 8.14. The smallest absolute Gasteiger partial charge is 0.220 e. The highest BCUT2D eigenvalue weighted by Gasteiger charge is 2.44. The van der Waals surface area contributed by atoms with E-state index in [4.69, 9.17) is 9.47 Å². The van der Waals surface area contributed by atoms with Crippen LogP contribution in [0.5, 0.6) is 0 Å². The van der Waals surface area contributed by atoms with Crippen LogP contribution in [0.25, 0.3) is 0 Å². The molecule has 0 aromatic carbocycles. The van der Waals surface area contributed by atoms with Crippen molar-refractivity contribution < 1.29 is 39.8 Å². The largest absolute Gasteiger partial charge is 0.394 e. The van der Waals surface area contributed by atoms with Gasteiger partial charge in [0.15, 0.2) is 6.29 Å². The molecule has 0 bridgehead atoms. The van der Waals surface area contributed by atoms with Crippen LogP contribution in [0, 0.1) is 0 Å². The molecular formula is C54H99NO8. The SMILES string of the molecule is CCCCCCC/C=C\C/C=C\CCCCCCCCCCCC(=O)NC(COC1OC(CO)C(O)C(O)C1O)C(O)/C=C/CC/C=C/CCCCCCCCCCCCCCC. The number of unbranched alkanes of at least 4 members (excludes halogenated alkanes) is 28. The van der Waals surface area contributed by atoms with E-state index in [1.54, 1.807) is 6.08 Å². The number of aliphatic hydroxyl groups excluding tert-OH is 5. The fraction of sp³-hybridized carbons (Fsp3) is 0.833. The average Bonchev–Trinajstić information content (AvgIpc) is 3.28. The van der Waals surface area contributed by atoms with Crippen molar-refractivity contribution in [3.8, 4) is 0 Å². The second kappa shape index (κ2) is 44.0. The van der Waals surface area contributed by atoms with E-state index in [0.717, 1.165) is 51.4 Å². The van der Waals surface area contributed by atoms with Crippen molar-refractivity contribution in [1.82, 2.24) is 5.32 Å². The Morgan fingerprint density at radius 2 is 0.952 bits per heavy atom. The van der Waals surface area contributed by atoms with Gasteiger partial charge >= 0.3 is 0 Å². The second-order valence-electron chi connectivity index (χ2n) is 18.3. The minimum absolute atomic E-state index is 0.191. The topological polar surface area (TPSA) is 149 Å². The van der Waals surface area contributed by atoms with E-state index in [1.807, 2.05) is 6.08 Å². The summed E-state index contributed by atoms with van der Waals surface area (Å²) in [7, 11) is 0. The van der Waals surface area contributed by atoms with E-state index < -0.39 is 49.5 Å². The van der Waals surface area contributed by atoms with Gasteiger partial charge in [-0.2, -0.15) is 0 Å². The van der Waals surface area contributed by atoms with Crippen LogP contribution in [-0.2, 0) is 14.3 Å². The molecule has 0 aliphatic carbocycles. The first-order chi connectivity index (χ1) is 30.8. The Kier molecular flexibility index (Phi) is 41.3. The molecule has 1 aliphatic rings.